The molecular formula is C18H22N4O2S. The molecule has 7 heteroatoms. The van der Waals surface area contributed by atoms with Crippen LogP contribution in [0.25, 0.3) is 0 Å². The summed E-state index contributed by atoms with van der Waals surface area (Å²) < 4.78 is 0. The minimum absolute atomic E-state index is 0.463. The second kappa shape index (κ2) is 7.23. The number of benzene rings is 1. The van der Waals surface area contributed by atoms with Gasteiger partial charge in [-0.2, -0.15) is 0 Å². The van der Waals surface area contributed by atoms with Crippen LogP contribution >= 0.6 is 11.3 Å². The van der Waals surface area contributed by atoms with Crippen LogP contribution in [0.5, 0.6) is 0 Å². The van der Waals surface area contributed by atoms with Crippen molar-refractivity contribution in [3.8, 4) is 0 Å². The molecule has 6 nitrogen and oxygen atoms in total. The molecule has 0 saturated carbocycles. The van der Waals surface area contributed by atoms with Crippen molar-refractivity contribution in [1.82, 2.24) is 9.88 Å². The molecule has 1 aromatic heterocycles. The lowest BCUT2D eigenvalue weighted by Crippen LogP contribution is -2.51. The monoisotopic (exact) mass is 358 g/mol. The molecular weight excluding hydrogens is 336 g/mol. The highest BCUT2D eigenvalue weighted by atomic mass is 32.1. The van der Waals surface area contributed by atoms with E-state index in [2.05, 4.69) is 47.2 Å². The highest BCUT2D eigenvalue weighted by Crippen LogP contribution is 2.24. The summed E-state index contributed by atoms with van der Waals surface area (Å²) in [5, 5.41) is 4.88. The Morgan fingerprint density at radius 2 is 1.84 bits per heavy atom. The van der Waals surface area contributed by atoms with Crippen LogP contribution in [-0.4, -0.2) is 47.9 Å². The van der Waals surface area contributed by atoms with Gasteiger partial charge in [-0.3, -0.25) is 14.9 Å². The number of carbonyl (C=O) groups is 2. The van der Waals surface area contributed by atoms with Crippen molar-refractivity contribution >= 4 is 34.0 Å². The number of amides is 2. The molecule has 0 bridgehead atoms. The molecule has 0 radical (unpaired) electrons. The second-order valence-electron chi connectivity index (χ2n) is 6.25. The van der Waals surface area contributed by atoms with Gasteiger partial charge in [0.25, 0.3) is 0 Å². The van der Waals surface area contributed by atoms with Gasteiger partial charge >= 0.3 is 11.8 Å². The summed E-state index contributed by atoms with van der Waals surface area (Å²) >= 11 is 1.32. The van der Waals surface area contributed by atoms with Crippen LogP contribution in [0.3, 0.4) is 0 Å². The molecule has 1 saturated heterocycles. The molecule has 132 valence electrons. The van der Waals surface area contributed by atoms with Gasteiger partial charge in [-0.15, -0.1) is 11.3 Å². The summed E-state index contributed by atoms with van der Waals surface area (Å²) in [6.07, 6.45) is 0. The highest BCUT2D eigenvalue weighted by Gasteiger charge is 2.27. The van der Waals surface area contributed by atoms with Gasteiger partial charge in [-0.25, -0.2) is 4.98 Å². The smallest absolute Gasteiger partial charge is 0.315 e. The lowest BCUT2D eigenvalue weighted by molar-refractivity contribution is -0.143. The number of rotatable bonds is 2. The van der Waals surface area contributed by atoms with Crippen LogP contribution in [0.2, 0.25) is 0 Å². The number of nitrogens with one attached hydrogen (secondary N) is 1. The van der Waals surface area contributed by atoms with Crippen molar-refractivity contribution in [2.45, 2.75) is 20.8 Å². The summed E-state index contributed by atoms with van der Waals surface area (Å²) in [4.78, 5) is 32.5. The van der Waals surface area contributed by atoms with E-state index in [1.165, 1.54) is 28.2 Å². The number of carbonyl (C=O) groups excluding carboxylic acids is 2. The first kappa shape index (κ1) is 17.4. The maximum atomic E-state index is 12.3. The van der Waals surface area contributed by atoms with E-state index in [9.17, 15) is 9.59 Å². The van der Waals surface area contributed by atoms with Crippen molar-refractivity contribution in [2.24, 2.45) is 0 Å². The summed E-state index contributed by atoms with van der Waals surface area (Å²) in [5.41, 5.74) is 4.55. The molecule has 0 aliphatic carbocycles. The molecule has 1 aromatic carbocycles. The fraction of sp³-hybridized carbons (Fsp3) is 0.389. The number of piperazine rings is 1. The molecule has 0 atom stereocenters. The van der Waals surface area contributed by atoms with Gasteiger partial charge in [0.1, 0.15) is 0 Å². The number of aromatic nitrogens is 1. The van der Waals surface area contributed by atoms with Crippen molar-refractivity contribution in [3.63, 3.8) is 0 Å². The third kappa shape index (κ3) is 3.82. The van der Waals surface area contributed by atoms with Gasteiger partial charge in [0.15, 0.2) is 5.13 Å². The van der Waals surface area contributed by atoms with E-state index in [0.717, 1.165) is 18.8 Å². The average molecular weight is 358 g/mol. The number of hydrogen-bond acceptors (Lipinski definition) is 5. The number of thiazole rings is 1. The Kier molecular flexibility index (Phi) is 5.03. The predicted octanol–water partition coefficient (Wildman–Crippen LogP) is 2.36. The summed E-state index contributed by atoms with van der Waals surface area (Å²) in [6, 6.07) is 6.26. The van der Waals surface area contributed by atoms with Crippen molar-refractivity contribution in [2.75, 3.05) is 36.4 Å². The highest BCUT2D eigenvalue weighted by molar-refractivity contribution is 7.14. The third-order valence-corrected chi connectivity index (χ3v) is 5.39. The minimum Gasteiger partial charge on any atom is -0.368 e. The van der Waals surface area contributed by atoms with Crippen LogP contribution in [-0.2, 0) is 9.59 Å². The van der Waals surface area contributed by atoms with E-state index in [1.807, 2.05) is 12.3 Å². The van der Waals surface area contributed by atoms with E-state index < -0.39 is 11.8 Å². The standard InChI is InChI=1S/C18H22N4O2S/c1-12-5-4-6-15(14(12)3)21-7-9-22(10-8-21)17(24)16(23)20-18-19-13(2)11-25-18/h4-6,11H,7-10H2,1-3H3,(H,19,20,23). The quantitative estimate of drug-likeness (QED) is 0.837. The molecule has 2 amide bonds. The maximum absolute atomic E-state index is 12.3. The fourth-order valence-electron chi connectivity index (χ4n) is 2.93. The zero-order valence-corrected chi connectivity index (χ0v) is 15.5. The largest absolute Gasteiger partial charge is 0.368 e. The maximum Gasteiger partial charge on any atom is 0.315 e. The lowest BCUT2D eigenvalue weighted by Gasteiger charge is -2.36. The molecule has 2 aromatic rings. The molecule has 1 N–H and O–H groups in total. The van der Waals surface area contributed by atoms with Gasteiger partial charge in [-0.05, 0) is 38.0 Å². The zero-order valence-electron chi connectivity index (χ0n) is 14.7. The summed E-state index contributed by atoms with van der Waals surface area (Å²) in [7, 11) is 0. The summed E-state index contributed by atoms with van der Waals surface area (Å²) in [5.74, 6) is -1.11. The van der Waals surface area contributed by atoms with Crippen LogP contribution in [0, 0.1) is 20.8 Å². The van der Waals surface area contributed by atoms with Crippen LogP contribution in [0.1, 0.15) is 16.8 Å². The van der Waals surface area contributed by atoms with Crippen molar-refractivity contribution < 1.29 is 9.59 Å². The number of hydrogen-bond donors (Lipinski definition) is 1. The Labute approximate surface area is 151 Å². The molecule has 25 heavy (non-hydrogen) atoms. The normalized spacial score (nSPS) is 14.5. The Hall–Kier alpha value is -2.41. The molecule has 2 heterocycles. The molecule has 0 unspecified atom stereocenters. The Morgan fingerprint density at radius 3 is 2.48 bits per heavy atom. The lowest BCUT2D eigenvalue weighted by atomic mass is 10.1. The number of aryl methyl sites for hydroxylation is 2. The Bertz CT molecular complexity index is 794. The van der Waals surface area contributed by atoms with Crippen molar-refractivity contribution in [1.29, 1.82) is 0 Å². The molecule has 1 fully saturated rings. The molecule has 1 aliphatic rings. The van der Waals surface area contributed by atoms with Crippen molar-refractivity contribution in [3.05, 3.63) is 40.4 Å². The molecule has 1 aliphatic heterocycles. The number of nitrogens with zero attached hydrogens (tertiary/aromatic N) is 3. The van der Waals surface area contributed by atoms with Gasteiger partial charge < -0.3 is 9.80 Å². The van der Waals surface area contributed by atoms with Gasteiger partial charge in [0, 0.05) is 37.2 Å². The van der Waals surface area contributed by atoms with Gasteiger partial charge in [-0.1, -0.05) is 12.1 Å². The van der Waals surface area contributed by atoms with E-state index >= 15 is 0 Å². The topological polar surface area (TPSA) is 65.5 Å². The van der Waals surface area contributed by atoms with Gasteiger partial charge in [0.05, 0.1) is 5.69 Å². The first-order valence-electron chi connectivity index (χ1n) is 8.29. The van der Waals surface area contributed by atoms with E-state index in [0.29, 0.717) is 18.2 Å². The minimum atomic E-state index is -0.616. The van der Waals surface area contributed by atoms with E-state index in [-0.39, 0.29) is 0 Å². The first-order valence-corrected chi connectivity index (χ1v) is 9.17. The fourth-order valence-corrected chi connectivity index (χ4v) is 3.62. The molecule has 3 rings (SSSR count). The van der Waals surface area contributed by atoms with Crippen LogP contribution < -0.4 is 10.2 Å². The van der Waals surface area contributed by atoms with Gasteiger partial charge in [0.2, 0.25) is 0 Å². The van der Waals surface area contributed by atoms with Crippen LogP contribution in [0.4, 0.5) is 10.8 Å². The first-order chi connectivity index (χ1) is 12.0. The number of anilines is 2. The zero-order chi connectivity index (χ0) is 18.0. The van der Waals surface area contributed by atoms with E-state index in [4.69, 9.17) is 0 Å². The average Bonchev–Trinajstić information content (AvgIpc) is 3.01. The predicted molar refractivity (Wildman–Crippen MR) is 100 cm³/mol. The van der Waals surface area contributed by atoms with Crippen LogP contribution in [0.15, 0.2) is 23.6 Å². The summed E-state index contributed by atoms with van der Waals surface area (Å²) in [6.45, 7) is 8.59. The third-order valence-electron chi connectivity index (χ3n) is 4.52. The van der Waals surface area contributed by atoms with E-state index in [1.54, 1.807) is 4.90 Å². The Balaban J connectivity index is 1.59. The Morgan fingerprint density at radius 1 is 1.12 bits per heavy atom. The second-order valence-corrected chi connectivity index (χ2v) is 7.10. The molecule has 0 spiro atoms. The SMILES string of the molecule is Cc1csc(NC(=O)C(=O)N2CCN(c3cccc(C)c3C)CC2)n1.